The zero-order valence-electron chi connectivity index (χ0n) is 11.0. The fourth-order valence-electron chi connectivity index (χ4n) is 2.42. The van der Waals surface area contributed by atoms with Crippen molar-refractivity contribution in [2.24, 2.45) is 12.8 Å². The van der Waals surface area contributed by atoms with Crippen molar-refractivity contribution in [3.8, 4) is 11.5 Å². The molecule has 1 aliphatic heterocycles. The third kappa shape index (κ3) is 2.17. The molecule has 1 aromatic carbocycles. The van der Waals surface area contributed by atoms with Crippen molar-refractivity contribution in [2.75, 3.05) is 7.11 Å². The second-order valence-electron chi connectivity index (χ2n) is 4.80. The molecule has 100 valence electrons. The van der Waals surface area contributed by atoms with E-state index in [1.54, 1.807) is 11.8 Å². The normalized spacial score (nSPS) is 21.6. The van der Waals surface area contributed by atoms with Crippen LogP contribution in [-0.2, 0) is 7.05 Å². The molecule has 0 radical (unpaired) electrons. The van der Waals surface area contributed by atoms with Gasteiger partial charge >= 0.3 is 0 Å². The first-order valence-corrected chi connectivity index (χ1v) is 6.26. The molecule has 1 aromatic heterocycles. The maximum atomic E-state index is 6.24. The van der Waals surface area contributed by atoms with Gasteiger partial charge in [-0.05, 0) is 18.2 Å². The van der Waals surface area contributed by atoms with Crippen molar-refractivity contribution < 1.29 is 9.47 Å². The Morgan fingerprint density at radius 1 is 1.47 bits per heavy atom. The molecule has 5 nitrogen and oxygen atoms in total. The summed E-state index contributed by atoms with van der Waals surface area (Å²) < 4.78 is 13.0. The predicted molar refractivity (Wildman–Crippen MR) is 71.1 cm³/mol. The molecule has 2 aromatic rings. The van der Waals surface area contributed by atoms with Crippen molar-refractivity contribution in [3.63, 3.8) is 0 Å². The summed E-state index contributed by atoms with van der Waals surface area (Å²) in [5.41, 5.74) is 8.30. The summed E-state index contributed by atoms with van der Waals surface area (Å²) in [7, 11) is 3.54. The molecule has 0 saturated heterocycles. The van der Waals surface area contributed by atoms with Gasteiger partial charge in [-0.25, -0.2) is 0 Å². The van der Waals surface area contributed by atoms with Gasteiger partial charge < -0.3 is 15.2 Å². The summed E-state index contributed by atoms with van der Waals surface area (Å²) >= 11 is 0. The Morgan fingerprint density at radius 3 is 3.00 bits per heavy atom. The van der Waals surface area contributed by atoms with Gasteiger partial charge in [0, 0.05) is 36.8 Å². The zero-order chi connectivity index (χ0) is 13.4. The Labute approximate surface area is 111 Å². The number of hydrogen-bond donors (Lipinski definition) is 1. The van der Waals surface area contributed by atoms with E-state index in [0.29, 0.717) is 0 Å². The fraction of sp³-hybridized carbons (Fsp3) is 0.357. The Morgan fingerprint density at radius 2 is 2.32 bits per heavy atom. The topological polar surface area (TPSA) is 62.3 Å². The molecule has 0 fully saturated rings. The van der Waals surface area contributed by atoms with Gasteiger partial charge in [-0.3, -0.25) is 4.68 Å². The van der Waals surface area contributed by atoms with Gasteiger partial charge in [0.05, 0.1) is 13.3 Å². The van der Waals surface area contributed by atoms with Crippen LogP contribution < -0.4 is 15.2 Å². The second-order valence-corrected chi connectivity index (χ2v) is 4.80. The van der Waals surface area contributed by atoms with Crippen molar-refractivity contribution in [3.05, 3.63) is 41.7 Å². The summed E-state index contributed by atoms with van der Waals surface area (Å²) in [4.78, 5) is 0. The molecular formula is C14H17N3O2. The first-order valence-electron chi connectivity index (χ1n) is 6.26. The maximum absolute atomic E-state index is 6.24. The molecule has 19 heavy (non-hydrogen) atoms. The largest absolute Gasteiger partial charge is 0.497 e. The molecule has 0 bridgehead atoms. The summed E-state index contributed by atoms with van der Waals surface area (Å²) in [5.74, 6) is 1.63. The van der Waals surface area contributed by atoms with Crippen molar-refractivity contribution in [1.82, 2.24) is 9.78 Å². The molecule has 2 unspecified atom stereocenters. The maximum Gasteiger partial charge on any atom is 0.129 e. The van der Waals surface area contributed by atoms with Crippen molar-refractivity contribution in [1.29, 1.82) is 0 Å². The summed E-state index contributed by atoms with van der Waals surface area (Å²) in [5, 5.41) is 4.18. The lowest BCUT2D eigenvalue weighted by Gasteiger charge is -2.30. The van der Waals surface area contributed by atoms with E-state index in [1.807, 2.05) is 37.6 Å². The van der Waals surface area contributed by atoms with E-state index in [4.69, 9.17) is 15.2 Å². The molecule has 1 aliphatic rings. The molecule has 0 amide bonds. The van der Waals surface area contributed by atoms with Gasteiger partial charge in [-0.15, -0.1) is 0 Å². The molecule has 0 saturated carbocycles. The number of ether oxygens (including phenoxy) is 2. The summed E-state index contributed by atoms with van der Waals surface area (Å²) in [6.07, 6.45) is 4.49. The molecule has 2 atom stereocenters. The molecule has 0 spiro atoms. The molecular weight excluding hydrogens is 242 g/mol. The van der Waals surface area contributed by atoms with E-state index >= 15 is 0 Å². The van der Waals surface area contributed by atoms with Crippen LogP contribution in [0.1, 0.15) is 29.7 Å². The number of fused-ring (bicyclic) bond motifs is 1. The molecule has 2 heterocycles. The van der Waals surface area contributed by atoms with E-state index in [0.717, 1.165) is 29.0 Å². The van der Waals surface area contributed by atoms with E-state index in [1.165, 1.54) is 0 Å². The number of hydrogen-bond acceptors (Lipinski definition) is 4. The van der Waals surface area contributed by atoms with Gasteiger partial charge in [0.15, 0.2) is 0 Å². The first-order chi connectivity index (χ1) is 9.17. The van der Waals surface area contributed by atoms with Crippen LogP contribution in [0.15, 0.2) is 30.6 Å². The lowest BCUT2D eigenvalue weighted by Crippen LogP contribution is -2.24. The second kappa shape index (κ2) is 4.59. The van der Waals surface area contributed by atoms with Crippen molar-refractivity contribution in [2.45, 2.75) is 18.6 Å². The number of aromatic nitrogens is 2. The standard InChI is InChI=1S/C14H17N3O2/c1-17-8-9(7-16-17)14-6-12(15)11-5-10(18-2)3-4-13(11)19-14/h3-5,7-8,12,14H,6,15H2,1-2H3. The minimum Gasteiger partial charge on any atom is -0.497 e. The number of benzene rings is 1. The fourth-order valence-corrected chi connectivity index (χ4v) is 2.42. The highest BCUT2D eigenvalue weighted by Gasteiger charge is 2.28. The minimum atomic E-state index is -0.0518. The third-order valence-electron chi connectivity index (χ3n) is 3.45. The van der Waals surface area contributed by atoms with Crippen LogP contribution in [0.4, 0.5) is 0 Å². The Balaban J connectivity index is 1.92. The molecule has 5 heteroatoms. The van der Waals surface area contributed by atoms with E-state index in [9.17, 15) is 0 Å². The average molecular weight is 259 g/mol. The van der Waals surface area contributed by atoms with Gasteiger partial charge in [-0.1, -0.05) is 0 Å². The van der Waals surface area contributed by atoms with Crippen LogP contribution >= 0.6 is 0 Å². The smallest absolute Gasteiger partial charge is 0.129 e. The lowest BCUT2D eigenvalue weighted by atomic mass is 9.95. The highest BCUT2D eigenvalue weighted by molar-refractivity contribution is 5.44. The summed E-state index contributed by atoms with van der Waals surface area (Å²) in [6, 6.07) is 5.69. The number of rotatable bonds is 2. The van der Waals surface area contributed by atoms with Crippen LogP contribution in [-0.4, -0.2) is 16.9 Å². The van der Waals surface area contributed by atoms with E-state index in [-0.39, 0.29) is 12.1 Å². The molecule has 0 aliphatic carbocycles. The number of nitrogens with two attached hydrogens (primary N) is 1. The van der Waals surface area contributed by atoms with Gasteiger partial charge in [0.25, 0.3) is 0 Å². The van der Waals surface area contributed by atoms with Crippen LogP contribution in [0, 0.1) is 0 Å². The van der Waals surface area contributed by atoms with Crippen molar-refractivity contribution >= 4 is 0 Å². The average Bonchev–Trinajstić information content (AvgIpc) is 2.85. The third-order valence-corrected chi connectivity index (χ3v) is 3.45. The highest BCUT2D eigenvalue weighted by Crippen LogP contribution is 2.40. The quantitative estimate of drug-likeness (QED) is 0.895. The van der Waals surface area contributed by atoms with E-state index < -0.39 is 0 Å². The van der Waals surface area contributed by atoms with Gasteiger partial charge in [-0.2, -0.15) is 5.10 Å². The molecule has 3 rings (SSSR count). The first kappa shape index (κ1) is 12.0. The zero-order valence-corrected chi connectivity index (χ0v) is 11.0. The predicted octanol–water partition coefficient (Wildman–Crippen LogP) is 1.95. The number of nitrogens with zero attached hydrogens (tertiary/aromatic N) is 2. The Kier molecular flexibility index (Phi) is 2.91. The van der Waals surface area contributed by atoms with Gasteiger partial charge in [0.1, 0.15) is 17.6 Å². The van der Waals surface area contributed by atoms with Crippen LogP contribution in [0.2, 0.25) is 0 Å². The Bertz CT molecular complexity index is 594. The van der Waals surface area contributed by atoms with Gasteiger partial charge in [0.2, 0.25) is 0 Å². The highest BCUT2D eigenvalue weighted by atomic mass is 16.5. The number of methoxy groups -OCH3 is 1. The van der Waals surface area contributed by atoms with Crippen LogP contribution in [0.5, 0.6) is 11.5 Å². The SMILES string of the molecule is COc1ccc2c(c1)C(N)CC(c1cnn(C)c1)O2. The lowest BCUT2D eigenvalue weighted by molar-refractivity contribution is 0.161. The number of aryl methyl sites for hydroxylation is 1. The monoisotopic (exact) mass is 259 g/mol. The summed E-state index contributed by atoms with van der Waals surface area (Å²) in [6.45, 7) is 0. The van der Waals surface area contributed by atoms with E-state index in [2.05, 4.69) is 5.10 Å². The Hall–Kier alpha value is -2.01. The molecule has 2 N–H and O–H groups in total. The van der Waals surface area contributed by atoms with Crippen LogP contribution in [0.3, 0.4) is 0 Å². The van der Waals surface area contributed by atoms with Crippen LogP contribution in [0.25, 0.3) is 0 Å². The minimum absolute atomic E-state index is 0.0374.